The van der Waals surface area contributed by atoms with Gasteiger partial charge in [0, 0.05) is 5.75 Å². The SMILES string of the molecule is CCCSCc1ccc(OC)c(N)c1. The van der Waals surface area contributed by atoms with Crippen molar-refractivity contribution in [3.63, 3.8) is 0 Å². The third kappa shape index (κ3) is 3.14. The van der Waals surface area contributed by atoms with Crippen molar-refractivity contribution in [3.8, 4) is 5.75 Å². The molecule has 0 bridgehead atoms. The molecule has 0 fully saturated rings. The van der Waals surface area contributed by atoms with Gasteiger partial charge in [0.15, 0.2) is 0 Å². The van der Waals surface area contributed by atoms with E-state index in [1.807, 2.05) is 23.9 Å². The summed E-state index contributed by atoms with van der Waals surface area (Å²) in [5.74, 6) is 2.99. The van der Waals surface area contributed by atoms with Crippen molar-refractivity contribution in [1.29, 1.82) is 0 Å². The Balaban J connectivity index is 2.57. The molecular formula is C11H17NOS. The Bertz CT molecular complexity index is 289. The maximum atomic E-state index is 5.80. The predicted molar refractivity (Wildman–Crippen MR) is 63.9 cm³/mol. The Morgan fingerprint density at radius 1 is 1.43 bits per heavy atom. The normalized spacial score (nSPS) is 10.1. The molecule has 2 nitrogen and oxygen atoms in total. The molecule has 0 heterocycles. The van der Waals surface area contributed by atoms with E-state index in [0.717, 1.165) is 17.2 Å². The summed E-state index contributed by atoms with van der Waals surface area (Å²) >= 11 is 1.93. The molecule has 0 atom stereocenters. The van der Waals surface area contributed by atoms with Crippen LogP contribution in [0.5, 0.6) is 5.75 Å². The maximum absolute atomic E-state index is 5.80. The van der Waals surface area contributed by atoms with Crippen LogP contribution in [0.2, 0.25) is 0 Å². The van der Waals surface area contributed by atoms with Crippen LogP contribution in [0.4, 0.5) is 5.69 Å². The lowest BCUT2D eigenvalue weighted by Gasteiger charge is -2.06. The molecule has 1 aromatic carbocycles. The number of anilines is 1. The monoisotopic (exact) mass is 211 g/mol. The number of methoxy groups -OCH3 is 1. The minimum atomic E-state index is 0.724. The Morgan fingerprint density at radius 2 is 2.21 bits per heavy atom. The molecule has 3 heteroatoms. The third-order valence-corrected chi connectivity index (χ3v) is 3.15. The van der Waals surface area contributed by atoms with Gasteiger partial charge in [-0.05, 0) is 29.9 Å². The fourth-order valence-corrected chi connectivity index (χ4v) is 2.06. The van der Waals surface area contributed by atoms with E-state index in [9.17, 15) is 0 Å². The van der Waals surface area contributed by atoms with Crippen LogP contribution >= 0.6 is 11.8 Å². The fraction of sp³-hybridized carbons (Fsp3) is 0.455. The van der Waals surface area contributed by atoms with E-state index in [4.69, 9.17) is 10.5 Å². The van der Waals surface area contributed by atoms with Gasteiger partial charge in [0.1, 0.15) is 5.75 Å². The first-order valence-corrected chi connectivity index (χ1v) is 5.93. The quantitative estimate of drug-likeness (QED) is 0.601. The van der Waals surface area contributed by atoms with Gasteiger partial charge in [0.05, 0.1) is 12.8 Å². The van der Waals surface area contributed by atoms with Crippen LogP contribution in [0.15, 0.2) is 18.2 Å². The molecule has 1 rings (SSSR count). The zero-order valence-electron chi connectivity index (χ0n) is 8.75. The lowest BCUT2D eigenvalue weighted by Crippen LogP contribution is -1.93. The van der Waals surface area contributed by atoms with Crippen molar-refractivity contribution in [3.05, 3.63) is 23.8 Å². The van der Waals surface area contributed by atoms with Crippen LogP contribution in [0.3, 0.4) is 0 Å². The highest BCUT2D eigenvalue weighted by Gasteiger charge is 2.00. The van der Waals surface area contributed by atoms with Crippen molar-refractivity contribution in [2.45, 2.75) is 19.1 Å². The summed E-state index contributed by atoms with van der Waals surface area (Å²) in [6.45, 7) is 2.19. The van der Waals surface area contributed by atoms with E-state index < -0.39 is 0 Å². The van der Waals surface area contributed by atoms with Gasteiger partial charge < -0.3 is 10.5 Å². The predicted octanol–water partition coefficient (Wildman–Crippen LogP) is 2.92. The van der Waals surface area contributed by atoms with Crippen LogP contribution in [0, 0.1) is 0 Å². The van der Waals surface area contributed by atoms with E-state index in [1.54, 1.807) is 7.11 Å². The summed E-state index contributed by atoms with van der Waals surface area (Å²) in [6, 6.07) is 5.98. The molecule has 2 N–H and O–H groups in total. The molecular weight excluding hydrogens is 194 g/mol. The number of hydrogen-bond donors (Lipinski definition) is 1. The van der Waals surface area contributed by atoms with Crippen molar-refractivity contribution in [2.75, 3.05) is 18.6 Å². The second-order valence-corrected chi connectivity index (χ2v) is 4.23. The topological polar surface area (TPSA) is 35.2 Å². The highest BCUT2D eigenvalue weighted by molar-refractivity contribution is 7.98. The fourth-order valence-electron chi connectivity index (χ4n) is 1.21. The number of nitrogens with two attached hydrogens (primary N) is 1. The summed E-state index contributed by atoms with van der Waals surface area (Å²) in [4.78, 5) is 0. The van der Waals surface area contributed by atoms with Gasteiger partial charge in [-0.3, -0.25) is 0 Å². The Hall–Kier alpha value is -0.830. The summed E-state index contributed by atoms with van der Waals surface area (Å²) in [5.41, 5.74) is 7.79. The standard InChI is InChI=1S/C11H17NOS/c1-3-6-14-8-9-4-5-11(13-2)10(12)7-9/h4-5,7H,3,6,8,12H2,1-2H3. The number of benzene rings is 1. The van der Waals surface area contributed by atoms with Crippen molar-refractivity contribution in [2.24, 2.45) is 0 Å². The van der Waals surface area contributed by atoms with E-state index in [-0.39, 0.29) is 0 Å². The zero-order valence-corrected chi connectivity index (χ0v) is 9.56. The third-order valence-electron chi connectivity index (χ3n) is 1.91. The van der Waals surface area contributed by atoms with E-state index in [2.05, 4.69) is 13.0 Å². The molecule has 0 aliphatic rings. The van der Waals surface area contributed by atoms with Crippen LogP contribution in [-0.2, 0) is 5.75 Å². The van der Waals surface area contributed by atoms with Crippen molar-refractivity contribution < 1.29 is 4.74 Å². The number of nitrogen functional groups attached to an aromatic ring is 1. The molecule has 0 spiro atoms. The molecule has 0 radical (unpaired) electrons. The number of thioether (sulfide) groups is 1. The number of ether oxygens (including phenoxy) is 1. The maximum Gasteiger partial charge on any atom is 0.141 e. The van der Waals surface area contributed by atoms with Crippen LogP contribution < -0.4 is 10.5 Å². The van der Waals surface area contributed by atoms with Crippen LogP contribution in [0.1, 0.15) is 18.9 Å². The first-order chi connectivity index (χ1) is 6.77. The first-order valence-electron chi connectivity index (χ1n) is 4.78. The summed E-state index contributed by atoms with van der Waals surface area (Å²) in [7, 11) is 1.64. The summed E-state index contributed by atoms with van der Waals surface area (Å²) in [5, 5.41) is 0. The Morgan fingerprint density at radius 3 is 2.79 bits per heavy atom. The molecule has 0 aromatic heterocycles. The van der Waals surface area contributed by atoms with Gasteiger partial charge in [-0.2, -0.15) is 11.8 Å². The van der Waals surface area contributed by atoms with Gasteiger partial charge in [0.2, 0.25) is 0 Å². The van der Waals surface area contributed by atoms with Gasteiger partial charge in [-0.25, -0.2) is 0 Å². The molecule has 0 amide bonds. The first kappa shape index (κ1) is 11.2. The minimum absolute atomic E-state index is 0.724. The average molecular weight is 211 g/mol. The molecule has 0 saturated heterocycles. The Labute approximate surface area is 89.8 Å². The smallest absolute Gasteiger partial charge is 0.141 e. The van der Waals surface area contributed by atoms with E-state index >= 15 is 0 Å². The van der Waals surface area contributed by atoms with Gasteiger partial charge >= 0.3 is 0 Å². The van der Waals surface area contributed by atoms with Crippen LogP contribution in [-0.4, -0.2) is 12.9 Å². The molecule has 0 aliphatic heterocycles. The van der Waals surface area contributed by atoms with Crippen LogP contribution in [0.25, 0.3) is 0 Å². The molecule has 1 aromatic rings. The lowest BCUT2D eigenvalue weighted by atomic mass is 10.2. The largest absolute Gasteiger partial charge is 0.495 e. The van der Waals surface area contributed by atoms with Crippen molar-refractivity contribution in [1.82, 2.24) is 0 Å². The lowest BCUT2D eigenvalue weighted by molar-refractivity contribution is 0.417. The van der Waals surface area contributed by atoms with E-state index in [0.29, 0.717) is 0 Å². The van der Waals surface area contributed by atoms with Gasteiger partial charge in [-0.15, -0.1) is 0 Å². The van der Waals surface area contributed by atoms with Gasteiger partial charge in [0.25, 0.3) is 0 Å². The molecule has 0 aliphatic carbocycles. The molecule has 78 valence electrons. The Kier molecular flexibility index (Phi) is 4.66. The van der Waals surface area contributed by atoms with Crippen molar-refractivity contribution >= 4 is 17.4 Å². The highest BCUT2D eigenvalue weighted by atomic mass is 32.2. The summed E-state index contributed by atoms with van der Waals surface area (Å²) in [6.07, 6.45) is 1.22. The zero-order chi connectivity index (χ0) is 10.4. The highest BCUT2D eigenvalue weighted by Crippen LogP contribution is 2.24. The summed E-state index contributed by atoms with van der Waals surface area (Å²) < 4.78 is 5.09. The second kappa shape index (κ2) is 5.81. The molecule has 0 unspecified atom stereocenters. The molecule has 14 heavy (non-hydrogen) atoms. The number of rotatable bonds is 5. The molecule has 0 saturated carbocycles. The minimum Gasteiger partial charge on any atom is -0.495 e. The second-order valence-electron chi connectivity index (χ2n) is 3.13. The number of hydrogen-bond acceptors (Lipinski definition) is 3. The van der Waals surface area contributed by atoms with E-state index in [1.165, 1.54) is 17.7 Å². The van der Waals surface area contributed by atoms with Gasteiger partial charge in [-0.1, -0.05) is 13.0 Å². The average Bonchev–Trinajstić information content (AvgIpc) is 2.18.